The van der Waals surface area contributed by atoms with E-state index in [4.69, 9.17) is 5.11 Å². The van der Waals surface area contributed by atoms with E-state index in [0.29, 0.717) is 0 Å². The minimum Gasteiger partial charge on any atom is -0.477 e. The average Bonchev–Trinajstić information content (AvgIpc) is 2.92. The second kappa shape index (κ2) is 14.8. The zero-order chi connectivity index (χ0) is 23.1. The molecule has 5 aromatic heterocycles. The van der Waals surface area contributed by atoms with E-state index in [-0.39, 0.29) is 25.2 Å². The molecule has 0 atom stereocenters. The molecule has 0 radical (unpaired) electrons. The van der Waals surface area contributed by atoms with Crippen LogP contribution in [0.1, 0.15) is 10.5 Å². The molecule has 0 aliphatic rings. The molecule has 0 saturated carbocycles. The molecule has 1 N–H and O–H groups in total. The Morgan fingerprint density at radius 3 is 0.941 bits per heavy atom. The van der Waals surface area contributed by atoms with Gasteiger partial charge in [-0.25, -0.2) is 9.78 Å². The van der Waals surface area contributed by atoms with Gasteiger partial charge in [0.25, 0.3) is 0 Å². The zero-order valence-electron chi connectivity index (χ0n) is 18.0. The molecule has 0 amide bonds. The SMILES string of the molecule is O=C(O)c1ccccn1.[Ru].c1ccc(-c2ccccn2)nc1.c1ccc(-c2ccccn2)nc1. The molecule has 5 rings (SSSR count). The summed E-state index contributed by atoms with van der Waals surface area (Å²) in [5.74, 6) is -0.990. The number of hydrogen-bond donors (Lipinski definition) is 1. The normalized spacial score (nSPS) is 9.18. The molecule has 8 heteroatoms. The second-order valence-electron chi connectivity index (χ2n) is 6.38. The molecule has 170 valence electrons. The van der Waals surface area contributed by atoms with Crippen molar-refractivity contribution in [2.75, 3.05) is 0 Å². The smallest absolute Gasteiger partial charge is 0.354 e. The molecule has 0 aliphatic carbocycles. The molecular formula is C26H21N5O2Ru. The van der Waals surface area contributed by atoms with Gasteiger partial charge in [0.2, 0.25) is 0 Å². The third kappa shape index (κ3) is 8.77. The monoisotopic (exact) mass is 537 g/mol. The Hall–Kier alpha value is -4.16. The molecule has 0 spiro atoms. The number of hydrogen-bond acceptors (Lipinski definition) is 6. The molecule has 5 aromatic rings. The van der Waals surface area contributed by atoms with Gasteiger partial charge in [0, 0.05) is 50.5 Å². The minimum absolute atomic E-state index is 0. The van der Waals surface area contributed by atoms with Crippen LogP contribution in [0.15, 0.2) is 122 Å². The molecule has 34 heavy (non-hydrogen) atoms. The Bertz CT molecular complexity index is 1060. The molecule has 5 heterocycles. The summed E-state index contributed by atoms with van der Waals surface area (Å²) in [5.41, 5.74) is 3.74. The van der Waals surface area contributed by atoms with Crippen molar-refractivity contribution in [1.29, 1.82) is 0 Å². The van der Waals surface area contributed by atoms with Crippen LogP contribution in [-0.4, -0.2) is 36.0 Å². The Balaban J connectivity index is 0.000000180. The number of aromatic carboxylic acids is 1. The summed E-state index contributed by atoms with van der Waals surface area (Å²) < 4.78 is 0. The molecule has 0 fully saturated rings. The first kappa shape index (κ1) is 26.1. The molecule has 0 unspecified atom stereocenters. The molecule has 0 bridgehead atoms. The van der Waals surface area contributed by atoms with Gasteiger partial charge in [0.05, 0.1) is 22.8 Å². The second-order valence-corrected chi connectivity index (χ2v) is 6.38. The Morgan fingerprint density at radius 1 is 0.471 bits per heavy atom. The predicted octanol–water partition coefficient (Wildman–Crippen LogP) is 5.06. The van der Waals surface area contributed by atoms with E-state index < -0.39 is 5.97 Å². The van der Waals surface area contributed by atoms with Crippen LogP contribution in [-0.2, 0) is 19.5 Å². The van der Waals surface area contributed by atoms with Gasteiger partial charge >= 0.3 is 5.97 Å². The van der Waals surface area contributed by atoms with Gasteiger partial charge in [-0.05, 0) is 60.7 Å². The maximum Gasteiger partial charge on any atom is 0.354 e. The molecule has 7 nitrogen and oxygen atoms in total. The van der Waals surface area contributed by atoms with Crippen LogP contribution >= 0.6 is 0 Å². The van der Waals surface area contributed by atoms with Crippen molar-refractivity contribution in [1.82, 2.24) is 24.9 Å². The topological polar surface area (TPSA) is 102 Å². The fourth-order valence-electron chi connectivity index (χ4n) is 2.55. The third-order valence-electron chi connectivity index (χ3n) is 4.07. The average molecular weight is 537 g/mol. The number of rotatable bonds is 3. The first-order valence-corrected chi connectivity index (χ1v) is 10.0. The van der Waals surface area contributed by atoms with Crippen LogP contribution in [0.4, 0.5) is 0 Å². The van der Waals surface area contributed by atoms with Gasteiger partial charge in [-0.3, -0.25) is 19.9 Å². The molecule has 0 aromatic carbocycles. The van der Waals surface area contributed by atoms with Crippen LogP contribution < -0.4 is 0 Å². The van der Waals surface area contributed by atoms with Crippen molar-refractivity contribution in [3.8, 4) is 22.8 Å². The number of carboxylic acids is 1. The van der Waals surface area contributed by atoms with Crippen LogP contribution in [0, 0.1) is 0 Å². The van der Waals surface area contributed by atoms with Gasteiger partial charge in [0.1, 0.15) is 5.69 Å². The molecular weight excluding hydrogens is 515 g/mol. The summed E-state index contributed by atoms with van der Waals surface area (Å²) in [6.45, 7) is 0. The number of carbonyl (C=O) groups is 1. The van der Waals surface area contributed by atoms with E-state index in [2.05, 4.69) is 24.9 Å². The van der Waals surface area contributed by atoms with Crippen molar-refractivity contribution in [3.05, 3.63) is 128 Å². The first-order valence-electron chi connectivity index (χ1n) is 10.0. The number of aromatic nitrogens is 5. The fraction of sp³-hybridized carbons (Fsp3) is 0. The minimum atomic E-state index is -0.990. The summed E-state index contributed by atoms with van der Waals surface area (Å²) in [7, 11) is 0. The summed E-state index contributed by atoms with van der Waals surface area (Å²) >= 11 is 0. The fourth-order valence-corrected chi connectivity index (χ4v) is 2.55. The third-order valence-corrected chi connectivity index (χ3v) is 4.07. The van der Waals surface area contributed by atoms with Gasteiger partial charge in [-0.2, -0.15) is 0 Å². The summed E-state index contributed by atoms with van der Waals surface area (Å²) in [4.78, 5) is 30.5. The van der Waals surface area contributed by atoms with E-state index in [1.54, 1.807) is 36.9 Å². The Morgan fingerprint density at radius 2 is 0.765 bits per heavy atom. The standard InChI is InChI=1S/2C10H8N2.C6H5NO2.Ru/c2*1-3-7-11-9(5-1)10-6-2-4-8-12-10;8-6(9)5-3-1-2-4-7-5;/h2*1-8H;1-4H,(H,8,9);. The van der Waals surface area contributed by atoms with E-state index >= 15 is 0 Å². The van der Waals surface area contributed by atoms with Gasteiger partial charge in [-0.1, -0.05) is 30.3 Å². The summed E-state index contributed by atoms with van der Waals surface area (Å²) in [6.07, 6.45) is 8.52. The van der Waals surface area contributed by atoms with Crippen LogP contribution in [0.5, 0.6) is 0 Å². The van der Waals surface area contributed by atoms with Gasteiger partial charge in [0.15, 0.2) is 0 Å². The van der Waals surface area contributed by atoms with Crippen LogP contribution in [0.3, 0.4) is 0 Å². The van der Waals surface area contributed by atoms with Crippen molar-refractivity contribution < 1.29 is 29.4 Å². The van der Waals surface area contributed by atoms with Crippen LogP contribution in [0.25, 0.3) is 22.8 Å². The van der Waals surface area contributed by atoms with Crippen molar-refractivity contribution in [3.63, 3.8) is 0 Å². The Labute approximate surface area is 210 Å². The maximum absolute atomic E-state index is 10.1. The largest absolute Gasteiger partial charge is 0.477 e. The number of nitrogens with zero attached hydrogens (tertiary/aromatic N) is 5. The van der Waals surface area contributed by atoms with E-state index in [0.717, 1.165) is 22.8 Å². The Kier molecular flexibility index (Phi) is 11.4. The van der Waals surface area contributed by atoms with E-state index in [1.807, 2.05) is 72.8 Å². The van der Waals surface area contributed by atoms with Gasteiger partial charge in [-0.15, -0.1) is 0 Å². The van der Waals surface area contributed by atoms with Crippen molar-refractivity contribution >= 4 is 5.97 Å². The predicted molar refractivity (Wildman–Crippen MR) is 126 cm³/mol. The zero-order valence-corrected chi connectivity index (χ0v) is 19.7. The van der Waals surface area contributed by atoms with Crippen molar-refractivity contribution in [2.24, 2.45) is 0 Å². The summed E-state index contributed by atoms with van der Waals surface area (Å²) in [6, 6.07) is 27.9. The quantitative estimate of drug-likeness (QED) is 0.322. The van der Waals surface area contributed by atoms with E-state index in [9.17, 15) is 4.79 Å². The van der Waals surface area contributed by atoms with Crippen LogP contribution in [0.2, 0.25) is 0 Å². The first-order chi connectivity index (χ1) is 16.2. The van der Waals surface area contributed by atoms with Gasteiger partial charge < -0.3 is 5.11 Å². The number of pyridine rings is 5. The number of carboxylic acid groups (broad SMARTS) is 1. The van der Waals surface area contributed by atoms with E-state index in [1.165, 1.54) is 12.3 Å². The summed E-state index contributed by atoms with van der Waals surface area (Å²) in [5, 5.41) is 8.32. The van der Waals surface area contributed by atoms with Crippen molar-refractivity contribution in [2.45, 2.75) is 0 Å². The molecule has 0 aliphatic heterocycles. The maximum atomic E-state index is 10.1. The molecule has 0 saturated heterocycles.